The van der Waals surface area contributed by atoms with Crippen LogP contribution in [0.5, 0.6) is 0 Å². The first-order valence-corrected chi connectivity index (χ1v) is 10.0. The molecule has 1 aromatic carbocycles. The third kappa shape index (κ3) is 2.47. The number of aromatic nitrogens is 6. The molecule has 2 bridgehead atoms. The first-order chi connectivity index (χ1) is 15.2. The highest BCUT2D eigenvalue weighted by molar-refractivity contribution is 5.89. The first kappa shape index (κ1) is 17.9. The maximum absolute atomic E-state index is 9.20. The van der Waals surface area contributed by atoms with Crippen molar-refractivity contribution in [1.29, 1.82) is 0 Å². The summed E-state index contributed by atoms with van der Waals surface area (Å²) in [6.07, 6.45) is 0.871. The molecule has 1 unspecified atom stereocenters. The van der Waals surface area contributed by atoms with Crippen LogP contribution in [0.2, 0.25) is 0 Å². The van der Waals surface area contributed by atoms with E-state index >= 15 is 0 Å². The Balaban J connectivity index is 1.47. The number of hydrogen-bond acceptors (Lipinski definition) is 10. The molecular weight excluding hydrogens is 400 g/mol. The lowest BCUT2D eigenvalue weighted by Gasteiger charge is -2.28. The van der Waals surface area contributed by atoms with E-state index in [1.807, 2.05) is 40.5 Å². The fourth-order valence-corrected chi connectivity index (χ4v) is 4.12. The van der Waals surface area contributed by atoms with Crippen LogP contribution in [-0.2, 0) is 6.42 Å². The number of hydrogen-bond donors (Lipinski definition) is 6. The van der Waals surface area contributed by atoms with Crippen LogP contribution in [0.25, 0.3) is 16.9 Å². The quantitative estimate of drug-likeness (QED) is 0.254. The normalized spacial score (nSPS) is 16.8. The molecule has 2 aliphatic rings. The van der Waals surface area contributed by atoms with Crippen LogP contribution in [0, 0.1) is 0 Å². The molecule has 8 N–H and O–H groups in total. The van der Waals surface area contributed by atoms with Gasteiger partial charge >= 0.3 is 0 Å². The van der Waals surface area contributed by atoms with Crippen molar-refractivity contribution in [3.05, 3.63) is 36.2 Å². The van der Waals surface area contributed by atoms with E-state index in [1.54, 1.807) is 9.42 Å². The molecule has 0 fully saturated rings. The largest absolute Gasteiger partial charge is 0.396 e. The maximum atomic E-state index is 9.20. The van der Waals surface area contributed by atoms with E-state index in [9.17, 15) is 5.11 Å². The van der Waals surface area contributed by atoms with Crippen molar-refractivity contribution in [2.24, 2.45) is 5.73 Å². The van der Waals surface area contributed by atoms with Crippen molar-refractivity contribution in [2.45, 2.75) is 19.0 Å². The van der Waals surface area contributed by atoms with Gasteiger partial charge in [-0.15, -0.1) is 19.6 Å². The second-order valence-electron chi connectivity index (χ2n) is 7.44. The summed E-state index contributed by atoms with van der Waals surface area (Å²) >= 11 is 0. The molecule has 2 aliphatic heterocycles. The summed E-state index contributed by atoms with van der Waals surface area (Å²) in [5.74, 6) is 1.94. The van der Waals surface area contributed by atoms with Gasteiger partial charge in [-0.05, 0) is 6.54 Å². The average molecular weight is 422 g/mol. The Hall–Kier alpha value is -3.97. The highest BCUT2D eigenvalue weighted by Crippen LogP contribution is 2.43. The molecular formula is C18H22N12O. The summed E-state index contributed by atoms with van der Waals surface area (Å²) in [5.41, 5.74) is 22.8. The van der Waals surface area contributed by atoms with E-state index in [0.717, 1.165) is 5.56 Å². The predicted molar refractivity (Wildman–Crippen MR) is 116 cm³/mol. The Morgan fingerprint density at radius 3 is 2.74 bits per heavy atom. The first-order valence-electron chi connectivity index (χ1n) is 10.0. The van der Waals surface area contributed by atoms with Crippen molar-refractivity contribution in [2.75, 3.05) is 39.9 Å². The van der Waals surface area contributed by atoms with Gasteiger partial charge in [0.05, 0.1) is 6.61 Å². The number of aliphatic hydroxyl groups is 1. The smallest absolute Gasteiger partial charge is 0.203 e. The summed E-state index contributed by atoms with van der Waals surface area (Å²) < 4.78 is 1.57. The molecule has 0 spiro atoms. The van der Waals surface area contributed by atoms with Gasteiger partial charge in [-0.3, -0.25) is 16.0 Å². The molecule has 13 nitrogen and oxygen atoms in total. The number of hydrazine groups is 2. The van der Waals surface area contributed by atoms with Crippen molar-refractivity contribution in [3.63, 3.8) is 0 Å². The minimum atomic E-state index is -0.166. The monoisotopic (exact) mass is 422 g/mol. The zero-order valence-corrected chi connectivity index (χ0v) is 16.5. The van der Waals surface area contributed by atoms with Crippen LogP contribution >= 0.6 is 0 Å². The summed E-state index contributed by atoms with van der Waals surface area (Å²) in [5, 5.41) is 25.4. The van der Waals surface area contributed by atoms with Crippen LogP contribution in [0.15, 0.2) is 30.3 Å². The van der Waals surface area contributed by atoms with Crippen LogP contribution in [0.1, 0.15) is 12.2 Å². The topological polar surface area (TPSA) is 167 Å². The van der Waals surface area contributed by atoms with Gasteiger partial charge in [0, 0.05) is 18.4 Å². The zero-order chi connectivity index (χ0) is 21.1. The fraction of sp³-hybridized carbons (Fsp3) is 0.278. The Morgan fingerprint density at radius 1 is 1.13 bits per heavy atom. The van der Waals surface area contributed by atoms with Gasteiger partial charge in [-0.25, -0.2) is 9.99 Å². The zero-order valence-electron chi connectivity index (χ0n) is 16.5. The molecule has 5 heterocycles. The summed E-state index contributed by atoms with van der Waals surface area (Å²) in [7, 11) is 0. The second kappa shape index (κ2) is 6.52. The lowest BCUT2D eigenvalue weighted by Crippen LogP contribution is -2.50. The van der Waals surface area contributed by atoms with Crippen molar-refractivity contribution >= 4 is 28.7 Å². The van der Waals surface area contributed by atoms with E-state index in [2.05, 4.69) is 26.0 Å². The van der Waals surface area contributed by atoms with E-state index in [-0.39, 0.29) is 12.8 Å². The molecule has 0 saturated carbocycles. The molecule has 3 aromatic heterocycles. The number of aliphatic hydroxyl groups excluding tert-OH is 1. The number of nitrogens with one attached hydrogen (secondary N) is 3. The van der Waals surface area contributed by atoms with Crippen LogP contribution in [-0.4, -0.2) is 54.1 Å². The number of nitrogen functional groups attached to an aromatic ring is 1. The molecule has 0 saturated heterocycles. The maximum Gasteiger partial charge on any atom is 0.203 e. The van der Waals surface area contributed by atoms with Crippen molar-refractivity contribution in [1.82, 2.24) is 29.7 Å². The standard InChI is InChI=1S/C18H22N12O/c19-8-6-12-27-18-13(20)14(10-4-2-1-3-5-10)24-30(18)29(12)26-16-15(23-27)17-21-11(7-9-31)22-28(17)25-16/h1-5,12,23,25-26,31H,6-9,19-20H2. The number of benzene rings is 1. The van der Waals surface area contributed by atoms with Crippen LogP contribution < -0.4 is 32.4 Å². The Bertz CT molecular complexity index is 1260. The second-order valence-corrected chi connectivity index (χ2v) is 7.44. The van der Waals surface area contributed by atoms with Crippen LogP contribution in [0.3, 0.4) is 0 Å². The third-order valence-corrected chi connectivity index (χ3v) is 5.50. The number of anilines is 4. The number of H-pyrrole nitrogens is 1. The van der Waals surface area contributed by atoms with Gasteiger partial charge in [-0.2, -0.15) is 5.12 Å². The van der Waals surface area contributed by atoms with E-state index in [1.165, 1.54) is 0 Å². The molecule has 0 radical (unpaired) electrons. The highest BCUT2D eigenvalue weighted by atomic mass is 16.3. The Morgan fingerprint density at radius 2 is 1.97 bits per heavy atom. The van der Waals surface area contributed by atoms with Gasteiger partial charge < -0.3 is 16.6 Å². The van der Waals surface area contributed by atoms with Gasteiger partial charge in [-0.1, -0.05) is 30.3 Å². The molecule has 0 amide bonds. The van der Waals surface area contributed by atoms with Crippen LogP contribution in [0.4, 0.5) is 23.0 Å². The number of nitrogens with two attached hydrogens (primary N) is 2. The predicted octanol–water partition coefficient (Wildman–Crippen LogP) is -0.162. The lowest BCUT2D eigenvalue weighted by atomic mass is 10.1. The Kier molecular flexibility index (Phi) is 3.75. The average Bonchev–Trinajstić information content (AvgIpc) is 3.44. The molecule has 0 aliphatic carbocycles. The molecule has 6 rings (SSSR count). The number of aromatic amines is 1. The fourth-order valence-electron chi connectivity index (χ4n) is 4.12. The van der Waals surface area contributed by atoms with E-state index in [4.69, 9.17) is 16.6 Å². The number of rotatable bonds is 5. The highest BCUT2D eigenvalue weighted by Gasteiger charge is 2.44. The SMILES string of the molecule is NCCC1N2Nc3c([nH]n4nc(CCO)nc34)NN1n1nc(-c3ccccc3)c(N)c12. The van der Waals surface area contributed by atoms with E-state index in [0.29, 0.717) is 59.6 Å². The van der Waals surface area contributed by atoms with Gasteiger partial charge in [0.25, 0.3) is 0 Å². The van der Waals surface area contributed by atoms with Gasteiger partial charge in [0.1, 0.15) is 17.1 Å². The molecule has 13 heteroatoms. The molecule has 4 aromatic rings. The molecule has 1 atom stereocenters. The molecule has 160 valence electrons. The summed E-state index contributed by atoms with van der Waals surface area (Å²) in [6, 6.07) is 9.82. The molecule has 31 heavy (non-hydrogen) atoms. The minimum Gasteiger partial charge on any atom is -0.396 e. The lowest BCUT2D eigenvalue weighted by molar-refractivity contribution is 0.296. The van der Waals surface area contributed by atoms with Crippen molar-refractivity contribution in [3.8, 4) is 11.3 Å². The number of fused-ring (bicyclic) bond motifs is 8. The minimum absolute atomic E-state index is 0.0164. The third-order valence-electron chi connectivity index (χ3n) is 5.50. The van der Waals surface area contributed by atoms with Gasteiger partial charge in [0.2, 0.25) is 5.65 Å². The van der Waals surface area contributed by atoms with Gasteiger partial charge in [0.15, 0.2) is 23.6 Å². The summed E-state index contributed by atoms with van der Waals surface area (Å²) in [6.45, 7) is 0.462. The van der Waals surface area contributed by atoms with E-state index < -0.39 is 0 Å². The summed E-state index contributed by atoms with van der Waals surface area (Å²) in [4.78, 5) is 6.29. The number of nitrogens with zero attached hydrogens (tertiary/aromatic N) is 7. The Labute approximate surface area is 176 Å². The van der Waals surface area contributed by atoms with Crippen molar-refractivity contribution < 1.29 is 5.11 Å².